The number of hydrogen-bond donors (Lipinski definition) is 2. The van der Waals surface area contributed by atoms with Gasteiger partial charge in [0.2, 0.25) is 0 Å². The normalized spacial score (nSPS) is 13.0. The Kier molecular flexibility index (Phi) is 30.6. The van der Waals surface area contributed by atoms with Crippen LogP contribution in [0.5, 0.6) is 0 Å². The number of benzene rings is 2. The average Bonchev–Trinajstić information content (AvgIpc) is 3.26. The topological polar surface area (TPSA) is 170 Å². The van der Waals surface area contributed by atoms with Crippen molar-refractivity contribution in [3.05, 3.63) is 63.8 Å². The predicted octanol–water partition coefficient (Wildman–Crippen LogP) is 10.7. The van der Waals surface area contributed by atoms with E-state index in [4.69, 9.17) is 14.6 Å². The molecule has 0 aromatic heterocycles. The van der Waals surface area contributed by atoms with E-state index in [1.165, 1.54) is 30.9 Å². The fraction of sp³-hybridized carbons (Fsp3) is 0.646. The van der Waals surface area contributed by atoms with Crippen molar-refractivity contribution in [2.75, 3.05) is 33.9 Å². The van der Waals surface area contributed by atoms with Crippen LogP contribution in [0.1, 0.15) is 129 Å². The second-order valence-corrected chi connectivity index (χ2v) is 22.5. The number of carboxylic acid groups (broad SMARTS) is 1. The zero-order valence-electron chi connectivity index (χ0n) is 43.2. The molecule has 0 aliphatic rings. The molecule has 2 N–H and O–H groups in total. The van der Waals surface area contributed by atoms with Crippen LogP contribution in [0.25, 0.3) is 0 Å². The standard InChI is InChI=1S/C15H16F6O3.C12H11I3O4.C11H16F6O2.C10H21NO2/c1-3-9(2)11-6-4-10(5-7-11)8-24-12(22)13(23,14(16,17)18)15(19,20)21;1-12(2,5-9(16)17)19-11(18)7-3-6(13)4-8(14)10(7)15;1-4-9(2,3)8(18)19-6-10(14,15)5-11(16,17)7(12)13;1-6-10(2,3)9(12)13-8-7-11(4)5/h4-7,9,23H,3,8H2,1-2H3;3-4H,5H2,1-2H3,(H,16,17);7H,4-6H2,1-3H3;6-8H2,1-5H3. The van der Waals surface area contributed by atoms with E-state index in [-0.39, 0.29) is 29.3 Å². The molecule has 1 unspecified atom stereocenters. The first-order chi connectivity index (χ1) is 33.7. The summed E-state index contributed by atoms with van der Waals surface area (Å²) in [5, 5.41) is 19.5. The van der Waals surface area contributed by atoms with Gasteiger partial charge >= 0.3 is 54.2 Å². The lowest BCUT2D eigenvalue weighted by Crippen LogP contribution is -3.06. The molecule has 2 rings (SSSR count). The number of alkyl halides is 12. The van der Waals surface area contributed by atoms with E-state index in [0.717, 1.165) is 35.7 Å². The first-order valence-electron chi connectivity index (χ1n) is 22.6. The maximum absolute atomic E-state index is 13.0. The number of carboxylic acids is 1. The molecule has 0 bridgehead atoms. The summed E-state index contributed by atoms with van der Waals surface area (Å²) in [6.07, 6.45) is -17.4. The SMILES string of the molecule is CC(C)(CC(=O)[O-])OC(=O)c1cc(I)cc(I)c1I.CCC(C)(C)C(=O)OCC(F)(F)CC(F)(F)C(F)F.CCC(C)(C)C(=O)OCC[NH+](C)C.CCC(C)c1ccc(COC(=O)C(O)(C(F)(F)F)C(F)(F)F)cc1. The van der Waals surface area contributed by atoms with Gasteiger partial charge in [0.15, 0.2) is 6.61 Å². The Hall–Kier alpha value is -2.94. The van der Waals surface area contributed by atoms with Crippen LogP contribution >= 0.6 is 67.8 Å². The number of esters is 4. The summed E-state index contributed by atoms with van der Waals surface area (Å²) < 4.78 is 171. The van der Waals surface area contributed by atoms with Crippen molar-refractivity contribution in [1.82, 2.24) is 0 Å². The summed E-state index contributed by atoms with van der Waals surface area (Å²) in [5.74, 6) is -14.5. The van der Waals surface area contributed by atoms with Crippen molar-refractivity contribution in [3.8, 4) is 0 Å². The van der Waals surface area contributed by atoms with E-state index in [1.807, 2.05) is 54.8 Å². The van der Waals surface area contributed by atoms with Crippen molar-refractivity contribution >= 4 is 97.6 Å². The second kappa shape index (κ2) is 31.0. The number of aliphatic carboxylic acids is 1. The highest BCUT2D eigenvalue weighted by Crippen LogP contribution is 2.44. The highest BCUT2D eigenvalue weighted by atomic mass is 127. The molecule has 0 aliphatic heterocycles. The minimum absolute atomic E-state index is 0.0868. The highest BCUT2D eigenvalue weighted by molar-refractivity contribution is 14.1. The molecule has 0 aliphatic carbocycles. The number of likely N-dealkylation sites (N-methyl/N-ethyl adjacent to an activating group) is 1. The Labute approximate surface area is 469 Å². The third-order valence-corrected chi connectivity index (χ3v) is 14.4. The number of aliphatic hydroxyl groups is 1. The molecule has 432 valence electrons. The Morgan fingerprint density at radius 3 is 1.59 bits per heavy atom. The molecular weight excluding hydrogens is 1380 g/mol. The van der Waals surface area contributed by atoms with E-state index in [2.05, 4.69) is 77.2 Å². The van der Waals surface area contributed by atoms with Gasteiger partial charge in [0.05, 0.1) is 36.9 Å². The molecule has 1 atom stereocenters. The summed E-state index contributed by atoms with van der Waals surface area (Å²) in [6, 6.07) is 9.80. The van der Waals surface area contributed by atoms with Gasteiger partial charge in [-0.15, -0.1) is 0 Å². The molecule has 27 heteroatoms. The Bertz CT molecular complexity index is 2140. The highest BCUT2D eigenvalue weighted by Gasteiger charge is 2.76. The molecule has 0 heterocycles. The van der Waals surface area contributed by atoms with Gasteiger partial charge in [0.25, 0.3) is 5.92 Å². The number of carbonyl (C=O) groups excluding carboxylic acids is 5. The zero-order valence-corrected chi connectivity index (χ0v) is 49.7. The van der Waals surface area contributed by atoms with Crippen molar-refractivity contribution in [1.29, 1.82) is 0 Å². The summed E-state index contributed by atoms with van der Waals surface area (Å²) in [4.78, 5) is 58.1. The monoisotopic (exact) mass is 1440 g/mol. The van der Waals surface area contributed by atoms with Crippen LogP contribution in [0.4, 0.5) is 52.7 Å². The largest absolute Gasteiger partial charge is 0.550 e. The van der Waals surface area contributed by atoms with Crippen LogP contribution in [-0.2, 0) is 44.7 Å². The van der Waals surface area contributed by atoms with E-state index in [0.29, 0.717) is 18.6 Å². The Balaban J connectivity index is 0. The third kappa shape index (κ3) is 26.1. The molecule has 0 fully saturated rings. The number of nitrogens with one attached hydrogen (secondary N) is 1. The van der Waals surface area contributed by atoms with E-state index >= 15 is 0 Å². The van der Waals surface area contributed by atoms with Gasteiger partial charge in [-0.3, -0.25) is 9.59 Å². The predicted molar refractivity (Wildman–Crippen MR) is 274 cm³/mol. The summed E-state index contributed by atoms with van der Waals surface area (Å²) in [7, 11) is 4.08. The Morgan fingerprint density at radius 2 is 1.19 bits per heavy atom. The van der Waals surface area contributed by atoms with Crippen LogP contribution in [0.15, 0.2) is 36.4 Å². The number of carbonyl (C=O) groups is 5. The van der Waals surface area contributed by atoms with Crippen molar-refractivity contribution in [2.24, 2.45) is 10.8 Å². The van der Waals surface area contributed by atoms with Crippen molar-refractivity contribution in [2.45, 2.75) is 156 Å². The fourth-order valence-corrected chi connectivity index (χ4v) is 7.27. The maximum atomic E-state index is 13.0. The lowest BCUT2D eigenvalue weighted by atomic mass is 9.91. The summed E-state index contributed by atoms with van der Waals surface area (Å²) in [6.45, 7) is 16.2. The molecule has 2 aromatic rings. The van der Waals surface area contributed by atoms with Gasteiger partial charge in [-0.1, -0.05) is 52.0 Å². The molecular formula is C48H64F12I3NO11. The maximum Gasteiger partial charge on any atom is 0.437 e. The van der Waals surface area contributed by atoms with Crippen LogP contribution in [-0.4, -0.2) is 111 Å². The molecule has 2 aromatic carbocycles. The molecule has 0 spiro atoms. The van der Waals surface area contributed by atoms with Crippen LogP contribution in [0.3, 0.4) is 0 Å². The van der Waals surface area contributed by atoms with Crippen LogP contribution in [0, 0.1) is 21.5 Å². The first kappa shape index (κ1) is 74.1. The van der Waals surface area contributed by atoms with E-state index < -0.39 is 90.8 Å². The number of hydrogen-bond acceptors (Lipinski definition) is 11. The van der Waals surface area contributed by atoms with E-state index in [1.54, 1.807) is 39.0 Å². The molecule has 0 saturated carbocycles. The minimum atomic E-state index is -6.25. The smallest absolute Gasteiger partial charge is 0.437 e. The van der Waals surface area contributed by atoms with Gasteiger partial charge in [-0.25, -0.2) is 35.9 Å². The molecule has 0 saturated heterocycles. The van der Waals surface area contributed by atoms with Gasteiger partial charge < -0.3 is 38.9 Å². The summed E-state index contributed by atoms with van der Waals surface area (Å²) >= 11 is 6.33. The molecule has 0 radical (unpaired) electrons. The van der Waals surface area contributed by atoms with Crippen molar-refractivity contribution < 1.29 is 111 Å². The van der Waals surface area contributed by atoms with Gasteiger partial charge in [0, 0.05) is 23.1 Å². The minimum Gasteiger partial charge on any atom is -0.550 e. The number of rotatable bonds is 21. The lowest BCUT2D eigenvalue weighted by Gasteiger charge is -2.29. The zero-order chi connectivity index (χ0) is 59.5. The quantitative estimate of drug-likeness (QED) is 0.0401. The lowest BCUT2D eigenvalue weighted by molar-refractivity contribution is -0.858. The number of quaternary nitrogens is 1. The van der Waals surface area contributed by atoms with Gasteiger partial charge in [-0.2, -0.15) is 26.3 Å². The van der Waals surface area contributed by atoms with E-state index in [9.17, 15) is 81.8 Å². The summed E-state index contributed by atoms with van der Waals surface area (Å²) in [5.41, 5.74) is -6.45. The third-order valence-electron chi connectivity index (χ3n) is 10.7. The second-order valence-electron chi connectivity index (χ2n) is 19.0. The Morgan fingerprint density at radius 1 is 0.720 bits per heavy atom. The number of halogens is 15. The molecule has 75 heavy (non-hydrogen) atoms. The number of ether oxygens (including phenoxy) is 4. The first-order valence-corrected chi connectivity index (χ1v) is 25.8. The van der Waals surface area contributed by atoms with Crippen molar-refractivity contribution in [3.63, 3.8) is 0 Å². The van der Waals surface area contributed by atoms with Gasteiger partial charge in [-0.05, 0) is 158 Å². The molecule has 0 amide bonds. The fourth-order valence-electron chi connectivity index (χ4n) is 4.89. The van der Waals surface area contributed by atoms with Crippen LogP contribution in [0.2, 0.25) is 0 Å². The average molecular weight is 1440 g/mol. The van der Waals surface area contributed by atoms with Gasteiger partial charge in [0.1, 0.15) is 25.4 Å². The molecule has 12 nitrogen and oxygen atoms in total. The van der Waals surface area contributed by atoms with Crippen LogP contribution < -0.4 is 10.0 Å².